The van der Waals surface area contributed by atoms with Gasteiger partial charge in [0.05, 0.1) is 31.7 Å². The minimum Gasteiger partial charge on any atom is -0.493 e. The van der Waals surface area contributed by atoms with Gasteiger partial charge in [-0.15, -0.1) is 0 Å². The van der Waals surface area contributed by atoms with E-state index in [1.54, 1.807) is 12.1 Å². The zero-order chi connectivity index (χ0) is 20.8. The molecule has 3 rings (SSSR count). The molecule has 6 nitrogen and oxygen atoms in total. The largest absolute Gasteiger partial charge is 0.493 e. The van der Waals surface area contributed by atoms with Gasteiger partial charge >= 0.3 is 0 Å². The number of benzene rings is 2. The molecule has 0 aliphatic carbocycles. The molecule has 0 atom stereocenters. The van der Waals surface area contributed by atoms with Gasteiger partial charge in [-0.1, -0.05) is 6.07 Å². The number of rotatable bonds is 7. The molecule has 150 valence electrons. The van der Waals surface area contributed by atoms with E-state index in [1.165, 1.54) is 56.9 Å². The van der Waals surface area contributed by atoms with Gasteiger partial charge in [0, 0.05) is 30.1 Å². The zero-order valence-corrected chi connectivity index (χ0v) is 15.8. The second kappa shape index (κ2) is 9.01. The smallest absolute Gasteiger partial charge is 0.253 e. The van der Waals surface area contributed by atoms with Crippen molar-refractivity contribution in [2.75, 3.05) is 19.5 Å². The number of hydrogen-bond acceptors (Lipinski definition) is 5. The highest BCUT2D eigenvalue weighted by Crippen LogP contribution is 2.30. The van der Waals surface area contributed by atoms with Crippen LogP contribution in [0.5, 0.6) is 11.5 Å². The number of carbonyl (C=O) groups excluding carboxylic acids is 1. The Morgan fingerprint density at radius 1 is 1.07 bits per heavy atom. The maximum absolute atomic E-state index is 14.3. The third-order valence-electron chi connectivity index (χ3n) is 4.16. The van der Waals surface area contributed by atoms with Gasteiger partial charge in [-0.05, 0) is 30.3 Å². The highest BCUT2D eigenvalue weighted by atomic mass is 19.1. The molecule has 0 fully saturated rings. The molecular formula is C21H19F2N3O3. The number of aromatic nitrogens is 1. The van der Waals surface area contributed by atoms with E-state index < -0.39 is 17.5 Å². The van der Waals surface area contributed by atoms with Gasteiger partial charge in [0.15, 0.2) is 11.5 Å². The first kappa shape index (κ1) is 20.1. The Morgan fingerprint density at radius 3 is 2.55 bits per heavy atom. The van der Waals surface area contributed by atoms with Crippen molar-refractivity contribution in [2.24, 2.45) is 0 Å². The number of nitrogens with one attached hydrogen (secondary N) is 2. The average Bonchev–Trinajstić information content (AvgIpc) is 2.72. The van der Waals surface area contributed by atoms with Crippen LogP contribution in [0.4, 0.5) is 20.2 Å². The molecule has 0 saturated carbocycles. The Bertz CT molecular complexity index is 1030. The Labute approximate surface area is 166 Å². The summed E-state index contributed by atoms with van der Waals surface area (Å²) < 4.78 is 37.9. The number of pyridine rings is 1. The summed E-state index contributed by atoms with van der Waals surface area (Å²) in [5, 5.41) is 5.63. The monoisotopic (exact) mass is 399 g/mol. The lowest BCUT2D eigenvalue weighted by Gasteiger charge is -2.13. The van der Waals surface area contributed by atoms with Crippen molar-refractivity contribution in [3.63, 3.8) is 0 Å². The Morgan fingerprint density at radius 2 is 1.83 bits per heavy atom. The molecular weight excluding hydrogens is 380 g/mol. The lowest BCUT2D eigenvalue weighted by atomic mass is 10.1. The highest BCUT2D eigenvalue weighted by molar-refractivity contribution is 6.00. The van der Waals surface area contributed by atoms with Crippen molar-refractivity contribution in [3.05, 3.63) is 77.6 Å². The molecule has 8 heteroatoms. The average molecular weight is 399 g/mol. The number of carbonyl (C=O) groups is 1. The van der Waals surface area contributed by atoms with Gasteiger partial charge in [0.25, 0.3) is 5.91 Å². The predicted molar refractivity (Wildman–Crippen MR) is 105 cm³/mol. The first-order chi connectivity index (χ1) is 14.0. The quantitative estimate of drug-likeness (QED) is 0.627. The van der Waals surface area contributed by atoms with Crippen molar-refractivity contribution < 1.29 is 23.0 Å². The van der Waals surface area contributed by atoms with E-state index in [9.17, 15) is 13.6 Å². The normalized spacial score (nSPS) is 10.3. The Kier molecular flexibility index (Phi) is 6.23. The van der Waals surface area contributed by atoms with E-state index in [0.717, 1.165) is 0 Å². The molecule has 0 radical (unpaired) electrons. The maximum Gasteiger partial charge on any atom is 0.253 e. The summed E-state index contributed by atoms with van der Waals surface area (Å²) in [6.07, 6.45) is 2.92. The van der Waals surface area contributed by atoms with Crippen LogP contribution in [0, 0.1) is 11.6 Å². The van der Waals surface area contributed by atoms with Crippen LogP contribution in [0.3, 0.4) is 0 Å². The Balaban J connectivity index is 1.77. The van der Waals surface area contributed by atoms with Gasteiger partial charge in [-0.2, -0.15) is 0 Å². The maximum atomic E-state index is 14.3. The van der Waals surface area contributed by atoms with E-state index in [4.69, 9.17) is 9.47 Å². The van der Waals surface area contributed by atoms with E-state index in [-0.39, 0.29) is 23.4 Å². The fraction of sp³-hybridized carbons (Fsp3) is 0.143. The van der Waals surface area contributed by atoms with Crippen LogP contribution in [0.2, 0.25) is 0 Å². The molecule has 0 aliphatic heterocycles. The molecule has 0 bridgehead atoms. The van der Waals surface area contributed by atoms with Crippen LogP contribution in [-0.2, 0) is 6.54 Å². The van der Waals surface area contributed by atoms with Crippen LogP contribution in [0.25, 0.3) is 0 Å². The van der Waals surface area contributed by atoms with Gasteiger partial charge in [-0.3, -0.25) is 9.78 Å². The van der Waals surface area contributed by atoms with E-state index in [1.807, 2.05) is 0 Å². The summed E-state index contributed by atoms with van der Waals surface area (Å²) in [6, 6.07) is 10.0. The Hall–Kier alpha value is -3.68. The first-order valence-corrected chi connectivity index (χ1v) is 8.67. The summed E-state index contributed by atoms with van der Waals surface area (Å²) in [7, 11) is 2.86. The van der Waals surface area contributed by atoms with Crippen LogP contribution >= 0.6 is 0 Å². The van der Waals surface area contributed by atoms with E-state index in [2.05, 4.69) is 15.6 Å². The summed E-state index contributed by atoms with van der Waals surface area (Å²) in [5.74, 6) is -0.767. The third-order valence-corrected chi connectivity index (χ3v) is 4.16. The van der Waals surface area contributed by atoms with Crippen molar-refractivity contribution in [2.45, 2.75) is 6.54 Å². The SMILES string of the molecule is COc1cc(F)c(CNC(=O)c2ccncc2Nc2cccc(F)c2)cc1OC. The van der Waals surface area contributed by atoms with Crippen molar-refractivity contribution in [3.8, 4) is 11.5 Å². The summed E-state index contributed by atoms with van der Waals surface area (Å²) in [6.45, 7) is -0.0627. The lowest BCUT2D eigenvalue weighted by Crippen LogP contribution is -2.24. The van der Waals surface area contributed by atoms with Crippen LogP contribution in [0.1, 0.15) is 15.9 Å². The molecule has 3 aromatic rings. The molecule has 2 N–H and O–H groups in total. The van der Waals surface area contributed by atoms with Crippen molar-refractivity contribution >= 4 is 17.3 Å². The van der Waals surface area contributed by atoms with E-state index >= 15 is 0 Å². The van der Waals surface area contributed by atoms with Gasteiger partial charge in [-0.25, -0.2) is 8.78 Å². The minimum absolute atomic E-state index is 0.0627. The standard InChI is InChI=1S/C21H19F2N3O3/c1-28-19-8-13(17(23)10-20(19)29-2)11-25-21(27)16-6-7-24-12-18(16)26-15-5-3-4-14(22)9-15/h3-10,12,26H,11H2,1-2H3,(H,25,27). The summed E-state index contributed by atoms with van der Waals surface area (Å²) >= 11 is 0. The zero-order valence-electron chi connectivity index (χ0n) is 15.8. The van der Waals surface area contributed by atoms with Crippen molar-refractivity contribution in [1.29, 1.82) is 0 Å². The fourth-order valence-corrected chi connectivity index (χ4v) is 2.72. The van der Waals surface area contributed by atoms with Crippen LogP contribution in [0.15, 0.2) is 54.9 Å². The number of hydrogen-bond donors (Lipinski definition) is 2. The number of anilines is 2. The number of ether oxygens (including phenoxy) is 2. The summed E-state index contributed by atoms with van der Waals surface area (Å²) in [4.78, 5) is 16.6. The predicted octanol–water partition coefficient (Wildman–Crippen LogP) is 4.05. The molecule has 0 spiro atoms. The number of nitrogens with zero attached hydrogens (tertiary/aromatic N) is 1. The third kappa shape index (κ3) is 4.78. The fourth-order valence-electron chi connectivity index (χ4n) is 2.72. The summed E-state index contributed by atoms with van der Waals surface area (Å²) in [5.41, 5.74) is 1.39. The van der Waals surface area contributed by atoms with Crippen LogP contribution < -0.4 is 20.1 Å². The molecule has 0 aliphatic rings. The van der Waals surface area contributed by atoms with Gasteiger partial charge in [0.1, 0.15) is 11.6 Å². The lowest BCUT2D eigenvalue weighted by molar-refractivity contribution is 0.0951. The van der Waals surface area contributed by atoms with E-state index in [0.29, 0.717) is 17.1 Å². The topological polar surface area (TPSA) is 72.5 Å². The highest BCUT2D eigenvalue weighted by Gasteiger charge is 2.15. The molecule has 0 unspecified atom stereocenters. The number of halogens is 2. The number of methoxy groups -OCH3 is 2. The molecule has 1 aromatic heterocycles. The molecule has 2 aromatic carbocycles. The van der Waals surface area contributed by atoms with Crippen molar-refractivity contribution in [1.82, 2.24) is 10.3 Å². The molecule has 1 amide bonds. The van der Waals surface area contributed by atoms with Gasteiger partial charge < -0.3 is 20.1 Å². The second-order valence-corrected chi connectivity index (χ2v) is 6.04. The minimum atomic E-state index is -0.532. The first-order valence-electron chi connectivity index (χ1n) is 8.67. The van der Waals surface area contributed by atoms with Gasteiger partial charge in [0.2, 0.25) is 0 Å². The molecule has 1 heterocycles. The molecule has 29 heavy (non-hydrogen) atoms. The number of amides is 1. The van der Waals surface area contributed by atoms with Crippen LogP contribution in [-0.4, -0.2) is 25.1 Å². The molecule has 0 saturated heterocycles. The second-order valence-electron chi connectivity index (χ2n) is 6.04.